The van der Waals surface area contributed by atoms with Gasteiger partial charge in [-0.2, -0.15) is 0 Å². The van der Waals surface area contributed by atoms with E-state index in [2.05, 4.69) is 27.0 Å². The van der Waals surface area contributed by atoms with E-state index in [0.29, 0.717) is 24.6 Å². The van der Waals surface area contributed by atoms with Crippen molar-refractivity contribution in [1.82, 2.24) is 4.90 Å². The van der Waals surface area contributed by atoms with E-state index in [1.165, 1.54) is 0 Å². The van der Waals surface area contributed by atoms with Crippen molar-refractivity contribution < 1.29 is 4.79 Å². The molecule has 0 fully saturated rings. The van der Waals surface area contributed by atoms with Gasteiger partial charge in [0, 0.05) is 35.9 Å². The second-order valence-electron chi connectivity index (χ2n) is 7.00. The summed E-state index contributed by atoms with van der Waals surface area (Å²) in [6, 6.07) is 23.3. The fraction of sp³-hybridized carbons (Fsp3) is 0.130. The van der Waals surface area contributed by atoms with Gasteiger partial charge in [0.15, 0.2) is 5.96 Å². The summed E-state index contributed by atoms with van der Waals surface area (Å²) in [6.45, 7) is 1.25. The third-order valence-corrected chi connectivity index (χ3v) is 5.45. The quantitative estimate of drug-likeness (QED) is 0.629. The molecule has 1 aliphatic heterocycles. The van der Waals surface area contributed by atoms with E-state index in [-0.39, 0.29) is 5.91 Å². The van der Waals surface area contributed by atoms with Crippen LogP contribution in [-0.4, -0.2) is 23.8 Å². The fourth-order valence-corrected chi connectivity index (χ4v) is 3.80. The molecule has 3 aromatic carbocycles. The first kappa shape index (κ1) is 19.2. The van der Waals surface area contributed by atoms with Gasteiger partial charge in [-0.3, -0.25) is 4.79 Å². The van der Waals surface area contributed by atoms with Gasteiger partial charge in [-0.15, -0.1) is 0 Å². The summed E-state index contributed by atoms with van der Waals surface area (Å²) in [5, 5.41) is 0. The van der Waals surface area contributed by atoms with Crippen LogP contribution in [0.4, 0.5) is 11.4 Å². The van der Waals surface area contributed by atoms with Gasteiger partial charge >= 0.3 is 0 Å². The van der Waals surface area contributed by atoms with Crippen LogP contribution in [0.3, 0.4) is 0 Å². The summed E-state index contributed by atoms with van der Waals surface area (Å²) >= 11 is 3.51. The van der Waals surface area contributed by atoms with E-state index < -0.39 is 0 Å². The first-order valence-corrected chi connectivity index (χ1v) is 10.1. The number of nitrogens with two attached hydrogens (primary N) is 1. The summed E-state index contributed by atoms with van der Waals surface area (Å²) in [5.41, 5.74) is 10.7. The number of hydrogen-bond donors (Lipinski definition) is 1. The Kier molecular flexibility index (Phi) is 5.36. The number of fused-ring (bicyclic) bond motifs is 1. The highest BCUT2D eigenvalue weighted by Gasteiger charge is 2.19. The maximum atomic E-state index is 12.9. The molecule has 1 aliphatic rings. The van der Waals surface area contributed by atoms with Gasteiger partial charge in [-0.25, -0.2) is 4.99 Å². The Morgan fingerprint density at radius 1 is 1.10 bits per heavy atom. The Balaban J connectivity index is 1.53. The number of carbonyl (C=O) groups excluding carboxylic acids is 1. The van der Waals surface area contributed by atoms with Crippen LogP contribution in [-0.2, 0) is 13.1 Å². The van der Waals surface area contributed by atoms with Crippen LogP contribution in [0, 0.1) is 0 Å². The molecule has 6 heteroatoms. The molecule has 4 rings (SSSR count). The molecule has 0 aliphatic carbocycles. The predicted molar refractivity (Wildman–Crippen MR) is 120 cm³/mol. The number of hydrogen-bond acceptors (Lipinski definition) is 4. The summed E-state index contributed by atoms with van der Waals surface area (Å²) in [4.78, 5) is 21.1. The number of para-hydroxylation sites is 1. The summed E-state index contributed by atoms with van der Waals surface area (Å²) < 4.78 is 1.02. The number of benzene rings is 3. The lowest BCUT2D eigenvalue weighted by Gasteiger charge is -2.28. The van der Waals surface area contributed by atoms with Crippen LogP contribution in [0.5, 0.6) is 0 Å². The molecular formula is C23H21BrN4O. The number of guanidine groups is 1. The highest BCUT2D eigenvalue weighted by Crippen LogP contribution is 2.29. The van der Waals surface area contributed by atoms with Crippen molar-refractivity contribution in [3.63, 3.8) is 0 Å². The van der Waals surface area contributed by atoms with E-state index in [9.17, 15) is 4.79 Å². The average molecular weight is 449 g/mol. The lowest BCUT2D eigenvalue weighted by Crippen LogP contribution is -2.38. The normalized spacial score (nSPS) is 12.9. The molecular weight excluding hydrogens is 428 g/mol. The molecule has 0 radical (unpaired) electrons. The molecule has 0 bridgehead atoms. The van der Waals surface area contributed by atoms with Crippen LogP contribution < -0.4 is 10.6 Å². The van der Waals surface area contributed by atoms with Crippen molar-refractivity contribution in [2.75, 3.05) is 11.9 Å². The molecule has 0 aromatic heterocycles. The molecule has 3 aromatic rings. The smallest absolute Gasteiger partial charge is 0.258 e. The van der Waals surface area contributed by atoms with Gasteiger partial charge in [0.2, 0.25) is 0 Å². The molecule has 0 atom stereocenters. The number of halogens is 1. The first-order chi connectivity index (χ1) is 14.0. The number of anilines is 1. The van der Waals surface area contributed by atoms with Gasteiger partial charge in [0.25, 0.3) is 5.91 Å². The molecule has 146 valence electrons. The lowest BCUT2D eigenvalue weighted by atomic mass is 10.1. The van der Waals surface area contributed by atoms with Gasteiger partial charge in [-0.1, -0.05) is 46.3 Å². The SMILES string of the molecule is CN(C(=O)c1cccc(CN2Cc3cc(Br)ccc3N=C2N)c1)c1ccccc1. The maximum Gasteiger partial charge on any atom is 0.258 e. The monoisotopic (exact) mass is 448 g/mol. The van der Waals surface area contributed by atoms with Crippen molar-refractivity contribution in [1.29, 1.82) is 0 Å². The minimum absolute atomic E-state index is 0.0485. The van der Waals surface area contributed by atoms with Crippen molar-refractivity contribution in [3.05, 3.63) is 94.0 Å². The van der Waals surface area contributed by atoms with Crippen molar-refractivity contribution in [2.24, 2.45) is 10.7 Å². The van der Waals surface area contributed by atoms with E-state index in [1.807, 2.05) is 71.6 Å². The maximum absolute atomic E-state index is 12.9. The number of amides is 1. The average Bonchev–Trinajstić information content (AvgIpc) is 2.74. The summed E-state index contributed by atoms with van der Waals surface area (Å²) in [6.07, 6.45) is 0. The van der Waals surface area contributed by atoms with Crippen LogP contribution in [0.1, 0.15) is 21.5 Å². The topological polar surface area (TPSA) is 61.9 Å². The van der Waals surface area contributed by atoms with E-state index in [1.54, 1.807) is 11.9 Å². The Morgan fingerprint density at radius 2 is 1.90 bits per heavy atom. The highest BCUT2D eigenvalue weighted by atomic mass is 79.9. The summed E-state index contributed by atoms with van der Waals surface area (Å²) in [7, 11) is 1.79. The van der Waals surface area contributed by atoms with Crippen molar-refractivity contribution >= 4 is 39.2 Å². The standard InChI is InChI=1S/C23H21BrN4O/c1-27(20-8-3-2-4-9-20)22(29)17-7-5-6-16(12-17)14-28-15-18-13-19(24)10-11-21(18)26-23(28)25/h2-13H,14-15H2,1H3,(H2,25,26). The molecule has 0 spiro atoms. The van der Waals surface area contributed by atoms with Gasteiger partial charge < -0.3 is 15.5 Å². The summed E-state index contributed by atoms with van der Waals surface area (Å²) in [5.74, 6) is 0.436. The second kappa shape index (κ2) is 8.09. The number of carbonyl (C=O) groups is 1. The zero-order valence-electron chi connectivity index (χ0n) is 16.0. The Labute approximate surface area is 178 Å². The highest BCUT2D eigenvalue weighted by molar-refractivity contribution is 9.10. The van der Waals surface area contributed by atoms with E-state index in [0.717, 1.165) is 27.0 Å². The Hall–Kier alpha value is -3.12. The van der Waals surface area contributed by atoms with Crippen LogP contribution in [0.2, 0.25) is 0 Å². The Morgan fingerprint density at radius 3 is 2.69 bits per heavy atom. The van der Waals surface area contributed by atoms with Gasteiger partial charge in [0.05, 0.1) is 5.69 Å². The molecule has 1 amide bonds. The van der Waals surface area contributed by atoms with E-state index in [4.69, 9.17) is 5.73 Å². The number of rotatable bonds is 4. The molecule has 0 unspecified atom stereocenters. The molecule has 0 saturated carbocycles. The first-order valence-electron chi connectivity index (χ1n) is 9.31. The Bertz CT molecular complexity index is 1080. The number of aliphatic imine (C=N–C) groups is 1. The molecule has 1 heterocycles. The van der Waals surface area contributed by atoms with Crippen LogP contribution in [0.25, 0.3) is 0 Å². The largest absolute Gasteiger partial charge is 0.369 e. The predicted octanol–water partition coefficient (Wildman–Crippen LogP) is 4.69. The lowest BCUT2D eigenvalue weighted by molar-refractivity contribution is 0.0993. The zero-order chi connectivity index (χ0) is 20.4. The van der Waals surface area contributed by atoms with Crippen molar-refractivity contribution in [2.45, 2.75) is 13.1 Å². The van der Waals surface area contributed by atoms with Gasteiger partial charge in [-0.05, 0) is 53.6 Å². The third kappa shape index (κ3) is 4.17. The molecule has 2 N–H and O–H groups in total. The van der Waals surface area contributed by atoms with Crippen molar-refractivity contribution in [3.8, 4) is 0 Å². The minimum Gasteiger partial charge on any atom is -0.369 e. The third-order valence-electron chi connectivity index (χ3n) is 4.96. The van der Waals surface area contributed by atoms with E-state index >= 15 is 0 Å². The molecule has 5 nitrogen and oxygen atoms in total. The second-order valence-corrected chi connectivity index (χ2v) is 7.91. The molecule has 0 saturated heterocycles. The minimum atomic E-state index is -0.0485. The molecule has 29 heavy (non-hydrogen) atoms. The number of nitrogens with zero attached hydrogens (tertiary/aromatic N) is 3. The van der Waals surface area contributed by atoms with Gasteiger partial charge in [0.1, 0.15) is 0 Å². The zero-order valence-corrected chi connectivity index (χ0v) is 17.6. The van der Waals surface area contributed by atoms with Crippen LogP contribution in [0.15, 0.2) is 82.3 Å². The van der Waals surface area contributed by atoms with Crippen LogP contribution >= 0.6 is 15.9 Å². The fourth-order valence-electron chi connectivity index (χ4n) is 3.39.